The van der Waals surface area contributed by atoms with Crippen molar-refractivity contribution in [1.82, 2.24) is 4.57 Å². The molecule has 0 bridgehead atoms. The van der Waals surface area contributed by atoms with E-state index in [-0.39, 0.29) is 17.0 Å². The number of aromatic nitrogens is 1. The molecule has 2 nitrogen and oxygen atoms in total. The minimum Gasteiger partial charge on any atom is -0.315 e. The number of hydrogen-bond donors (Lipinski definition) is 0. The van der Waals surface area contributed by atoms with E-state index in [1.165, 1.54) is 10.6 Å². The summed E-state index contributed by atoms with van der Waals surface area (Å²) in [6, 6.07) is 11.6. The second-order valence-electron chi connectivity index (χ2n) is 5.60. The van der Waals surface area contributed by atoms with Crippen LogP contribution in [0.25, 0.3) is 10.6 Å². The van der Waals surface area contributed by atoms with Crippen LogP contribution in [0, 0.1) is 5.92 Å². The van der Waals surface area contributed by atoms with Crippen molar-refractivity contribution >= 4 is 68.5 Å². The molecule has 0 saturated carbocycles. The molecule has 24 heavy (non-hydrogen) atoms. The zero-order valence-corrected chi connectivity index (χ0v) is 18.1. The molecule has 3 aromatic rings. The fourth-order valence-corrected chi connectivity index (χ4v) is 4.43. The van der Waals surface area contributed by atoms with Gasteiger partial charge in [0.2, 0.25) is 0 Å². The molecule has 0 atom stereocenters. The van der Waals surface area contributed by atoms with Gasteiger partial charge >= 0.3 is 0 Å². The minimum atomic E-state index is 0. The lowest BCUT2D eigenvalue weighted by molar-refractivity contribution is 0.518. The molecule has 0 fully saturated rings. The lowest BCUT2D eigenvalue weighted by atomic mass is 10.2. The lowest BCUT2D eigenvalue weighted by Crippen LogP contribution is -2.18. The van der Waals surface area contributed by atoms with Crippen molar-refractivity contribution in [2.75, 3.05) is 0 Å². The van der Waals surface area contributed by atoms with Crippen LogP contribution >= 0.6 is 62.9 Å². The first-order valence-corrected chi connectivity index (χ1v) is 9.72. The Kier molecular flexibility index (Phi) is 7.13. The molecule has 1 aromatic carbocycles. The third kappa shape index (κ3) is 4.73. The summed E-state index contributed by atoms with van der Waals surface area (Å²) in [5.74, 6) is 0.531. The highest BCUT2D eigenvalue weighted by atomic mass is 79.9. The van der Waals surface area contributed by atoms with Gasteiger partial charge in [0.1, 0.15) is 0 Å². The van der Waals surface area contributed by atoms with Crippen molar-refractivity contribution in [3.8, 4) is 10.6 Å². The van der Waals surface area contributed by atoms with Crippen LogP contribution in [0.1, 0.15) is 13.8 Å². The average Bonchev–Trinajstić information content (AvgIpc) is 3.08. The van der Waals surface area contributed by atoms with E-state index in [0.717, 1.165) is 26.4 Å². The summed E-state index contributed by atoms with van der Waals surface area (Å²) in [4.78, 5) is 6.94. The van der Waals surface area contributed by atoms with Gasteiger partial charge in [0.05, 0.1) is 20.6 Å². The highest BCUT2D eigenvalue weighted by Gasteiger charge is 2.11. The third-order valence-corrected chi connectivity index (χ3v) is 5.59. The number of halogens is 3. The van der Waals surface area contributed by atoms with Crippen LogP contribution in [-0.2, 0) is 6.54 Å². The Hall–Kier alpha value is -0.590. The SMILES string of the molecule is Br.CC(C)Cn1c(-c2ccc(Cl)s2)csc1=Nc1ccc(Cl)cc1. The summed E-state index contributed by atoms with van der Waals surface area (Å²) >= 11 is 15.3. The molecule has 0 amide bonds. The zero-order chi connectivity index (χ0) is 16.4. The van der Waals surface area contributed by atoms with E-state index in [0.29, 0.717) is 5.92 Å². The van der Waals surface area contributed by atoms with Gasteiger partial charge in [-0.3, -0.25) is 0 Å². The molecule has 128 valence electrons. The van der Waals surface area contributed by atoms with E-state index in [1.54, 1.807) is 22.7 Å². The highest BCUT2D eigenvalue weighted by molar-refractivity contribution is 8.93. The molecular weight excluding hydrogens is 447 g/mol. The number of hydrogen-bond acceptors (Lipinski definition) is 3. The van der Waals surface area contributed by atoms with Crippen LogP contribution in [0.2, 0.25) is 9.36 Å². The topological polar surface area (TPSA) is 17.3 Å². The van der Waals surface area contributed by atoms with Gasteiger partial charge in [-0.05, 0) is 42.3 Å². The second kappa shape index (κ2) is 8.68. The average molecular weight is 464 g/mol. The zero-order valence-electron chi connectivity index (χ0n) is 13.2. The van der Waals surface area contributed by atoms with Crippen molar-refractivity contribution in [3.63, 3.8) is 0 Å². The molecule has 7 heteroatoms. The maximum atomic E-state index is 6.10. The van der Waals surface area contributed by atoms with Crippen LogP contribution in [-0.4, -0.2) is 4.57 Å². The molecule has 0 aliphatic rings. The summed E-state index contributed by atoms with van der Waals surface area (Å²) in [7, 11) is 0. The predicted octanol–water partition coefficient (Wildman–Crippen LogP) is 7.05. The molecule has 0 spiro atoms. The van der Waals surface area contributed by atoms with Crippen molar-refractivity contribution in [2.24, 2.45) is 10.9 Å². The number of benzene rings is 1. The van der Waals surface area contributed by atoms with Crippen LogP contribution < -0.4 is 4.80 Å². The predicted molar refractivity (Wildman–Crippen MR) is 112 cm³/mol. The molecular formula is C17H17BrCl2N2S2. The summed E-state index contributed by atoms with van der Waals surface area (Å²) in [6.45, 7) is 5.34. The van der Waals surface area contributed by atoms with Crippen LogP contribution in [0.4, 0.5) is 5.69 Å². The van der Waals surface area contributed by atoms with Crippen molar-refractivity contribution in [3.05, 3.63) is 55.9 Å². The molecule has 2 aromatic heterocycles. The first-order chi connectivity index (χ1) is 11.0. The molecule has 3 rings (SSSR count). The first kappa shape index (κ1) is 19.7. The van der Waals surface area contributed by atoms with Crippen molar-refractivity contribution in [2.45, 2.75) is 20.4 Å². The molecule has 2 heterocycles. The second-order valence-corrected chi connectivity index (χ2v) is 8.59. The largest absolute Gasteiger partial charge is 0.315 e. The normalized spacial score (nSPS) is 11.8. The smallest absolute Gasteiger partial charge is 0.190 e. The fraction of sp³-hybridized carbons (Fsp3) is 0.235. The Morgan fingerprint density at radius 3 is 2.38 bits per heavy atom. The molecule has 0 aliphatic heterocycles. The van der Waals surface area contributed by atoms with Crippen molar-refractivity contribution < 1.29 is 0 Å². The number of nitrogens with zero attached hydrogens (tertiary/aromatic N) is 2. The lowest BCUT2D eigenvalue weighted by Gasteiger charge is -2.10. The van der Waals surface area contributed by atoms with Crippen LogP contribution in [0.3, 0.4) is 0 Å². The summed E-state index contributed by atoms with van der Waals surface area (Å²) in [5.41, 5.74) is 2.08. The van der Waals surface area contributed by atoms with E-state index >= 15 is 0 Å². The van der Waals surface area contributed by atoms with Gasteiger partial charge in [0.15, 0.2) is 4.80 Å². The Morgan fingerprint density at radius 2 is 1.79 bits per heavy atom. The van der Waals surface area contributed by atoms with Gasteiger partial charge < -0.3 is 4.57 Å². The third-order valence-electron chi connectivity index (χ3n) is 3.22. The minimum absolute atomic E-state index is 0. The first-order valence-electron chi connectivity index (χ1n) is 7.27. The van der Waals surface area contributed by atoms with E-state index in [9.17, 15) is 0 Å². The summed E-state index contributed by atoms with van der Waals surface area (Å²) in [6.07, 6.45) is 0. The monoisotopic (exact) mass is 462 g/mol. The van der Waals surface area contributed by atoms with Gasteiger partial charge in [0, 0.05) is 16.9 Å². The Labute approximate surface area is 170 Å². The highest BCUT2D eigenvalue weighted by Crippen LogP contribution is 2.31. The molecule has 0 N–H and O–H groups in total. The number of rotatable bonds is 4. The maximum absolute atomic E-state index is 6.10. The van der Waals surface area contributed by atoms with E-state index in [4.69, 9.17) is 28.2 Å². The fourth-order valence-electron chi connectivity index (χ4n) is 2.24. The van der Waals surface area contributed by atoms with Crippen LogP contribution in [0.15, 0.2) is 46.8 Å². The molecule has 0 unspecified atom stereocenters. The summed E-state index contributed by atoms with van der Waals surface area (Å²) in [5, 5.41) is 2.87. The number of thiophene rings is 1. The van der Waals surface area contributed by atoms with Gasteiger partial charge in [0.25, 0.3) is 0 Å². The van der Waals surface area contributed by atoms with Gasteiger partial charge in [-0.25, -0.2) is 4.99 Å². The molecule has 0 aliphatic carbocycles. The quantitative estimate of drug-likeness (QED) is 0.394. The Morgan fingerprint density at radius 1 is 1.08 bits per heavy atom. The van der Waals surface area contributed by atoms with Gasteiger partial charge in [-0.1, -0.05) is 37.0 Å². The Bertz CT molecular complexity index is 863. The molecule has 0 radical (unpaired) electrons. The molecule has 0 saturated heterocycles. The van der Waals surface area contributed by atoms with E-state index in [2.05, 4.69) is 29.9 Å². The summed E-state index contributed by atoms with van der Waals surface area (Å²) < 4.78 is 3.07. The van der Waals surface area contributed by atoms with Crippen molar-refractivity contribution in [1.29, 1.82) is 0 Å². The maximum Gasteiger partial charge on any atom is 0.190 e. The van der Waals surface area contributed by atoms with E-state index < -0.39 is 0 Å². The Balaban J connectivity index is 0.00000208. The van der Waals surface area contributed by atoms with Gasteiger partial charge in [-0.15, -0.1) is 39.7 Å². The van der Waals surface area contributed by atoms with E-state index in [1.807, 2.05) is 30.3 Å². The van der Waals surface area contributed by atoms with Crippen LogP contribution in [0.5, 0.6) is 0 Å². The van der Waals surface area contributed by atoms with Gasteiger partial charge in [-0.2, -0.15) is 0 Å². The number of thiazole rings is 1. The standard InChI is InChI=1S/C17H16Cl2N2S2.BrH/c1-11(2)9-21-14(15-7-8-16(19)23-15)10-22-17(21)20-13-5-3-12(18)4-6-13;/h3-8,10-11H,9H2,1-2H3;1H.